The van der Waals surface area contributed by atoms with Gasteiger partial charge in [0.2, 0.25) is 11.8 Å². The van der Waals surface area contributed by atoms with Crippen LogP contribution in [0, 0.1) is 10.1 Å². The summed E-state index contributed by atoms with van der Waals surface area (Å²) in [6.07, 6.45) is 1.63. The van der Waals surface area contributed by atoms with Crippen molar-refractivity contribution < 1.29 is 19.6 Å². The van der Waals surface area contributed by atoms with Crippen LogP contribution in [0.15, 0.2) is 42.5 Å². The van der Waals surface area contributed by atoms with Gasteiger partial charge in [0.1, 0.15) is 11.4 Å². The van der Waals surface area contributed by atoms with Crippen molar-refractivity contribution in [2.75, 3.05) is 16.8 Å². The van der Waals surface area contributed by atoms with E-state index in [4.69, 9.17) is 0 Å². The number of phenols is 1. The summed E-state index contributed by atoms with van der Waals surface area (Å²) >= 11 is 0. The molecule has 8 heteroatoms. The van der Waals surface area contributed by atoms with E-state index < -0.39 is 4.92 Å². The van der Waals surface area contributed by atoms with Gasteiger partial charge < -0.3 is 10.4 Å². The number of phenolic OH excluding ortho intramolecular Hbond substituents is 1. The molecular weight excluding hydrogens is 350 g/mol. The fourth-order valence-electron chi connectivity index (χ4n) is 3.01. The van der Waals surface area contributed by atoms with Crippen molar-refractivity contribution in [2.24, 2.45) is 0 Å². The smallest absolute Gasteiger partial charge is 0.294 e. The Bertz CT molecular complexity index is 863. The molecule has 0 radical (unpaired) electrons. The summed E-state index contributed by atoms with van der Waals surface area (Å²) in [6.45, 7) is 0.451. The van der Waals surface area contributed by atoms with Crippen LogP contribution < -0.4 is 10.2 Å². The molecule has 2 N–H and O–H groups in total. The van der Waals surface area contributed by atoms with Crippen LogP contribution in [0.25, 0.3) is 0 Å². The minimum atomic E-state index is -0.536. The van der Waals surface area contributed by atoms with Crippen LogP contribution in [0.5, 0.6) is 5.75 Å². The average Bonchev–Trinajstić information content (AvgIpc) is 2.64. The Balaban J connectivity index is 1.75. The zero-order valence-corrected chi connectivity index (χ0v) is 14.6. The first-order valence-corrected chi connectivity index (χ1v) is 8.62. The van der Waals surface area contributed by atoms with E-state index in [0.717, 1.165) is 10.5 Å². The topological polar surface area (TPSA) is 113 Å². The van der Waals surface area contributed by atoms with Crippen LogP contribution in [0.4, 0.5) is 17.1 Å². The van der Waals surface area contributed by atoms with Gasteiger partial charge in [0, 0.05) is 25.5 Å². The van der Waals surface area contributed by atoms with E-state index in [1.807, 2.05) is 0 Å². The fraction of sp³-hybridized carbons (Fsp3) is 0.263. The molecule has 0 bridgehead atoms. The maximum Gasteiger partial charge on any atom is 0.294 e. The summed E-state index contributed by atoms with van der Waals surface area (Å²) in [6, 6.07) is 11.0. The third kappa shape index (κ3) is 4.22. The number of hydrogen-bond donors (Lipinski definition) is 2. The summed E-state index contributed by atoms with van der Waals surface area (Å²) in [5, 5.41) is 23.7. The SMILES string of the molecule is O=C1CCCC(=O)N1c1ccc(NCCc2ccc(O)cc2)c([N+](=O)[O-])c1. The van der Waals surface area contributed by atoms with Crippen molar-refractivity contribution in [3.8, 4) is 5.75 Å². The Labute approximate surface area is 155 Å². The van der Waals surface area contributed by atoms with Crippen LogP contribution in [-0.2, 0) is 16.0 Å². The molecule has 0 spiro atoms. The van der Waals surface area contributed by atoms with E-state index in [1.165, 1.54) is 18.2 Å². The number of amides is 2. The lowest BCUT2D eigenvalue weighted by molar-refractivity contribution is -0.383. The second-order valence-corrected chi connectivity index (χ2v) is 6.28. The first kappa shape index (κ1) is 18.4. The molecule has 2 aromatic rings. The van der Waals surface area contributed by atoms with E-state index in [1.54, 1.807) is 24.3 Å². The van der Waals surface area contributed by atoms with Gasteiger partial charge in [-0.2, -0.15) is 0 Å². The lowest BCUT2D eigenvalue weighted by Gasteiger charge is -2.25. The summed E-state index contributed by atoms with van der Waals surface area (Å²) in [4.78, 5) is 36.0. The number of carbonyl (C=O) groups is 2. The number of piperidine rings is 1. The molecule has 0 aromatic heterocycles. The van der Waals surface area contributed by atoms with Gasteiger partial charge in [0.05, 0.1) is 10.6 Å². The molecule has 0 unspecified atom stereocenters. The van der Waals surface area contributed by atoms with Crippen molar-refractivity contribution in [2.45, 2.75) is 25.7 Å². The van der Waals surface area contributed by atoms with E-state index in [0.29, 0.717) is 25.1 Å². The molecule has 1 saturated heterocycles. The molecular formula is C19H19N3O5. The number of anilines is 2. The second kappa shape index (κ2) is 7.86. The van der Waals surface area contributed by atoms with Crippen LogP contribution in [0.3, 0.4) is 0 Å². The monoisotopic (exact) mass is 369 g/mol. The van der Waals surface area contributed by atoms with Crippen LogP contribution in [-0.4, -0.2) is 28.4 Å². The van der Waals surface area contributed by atoms with Crippen LogP contribution in [0.2, 0.25) is 0 Å². The van der Waals surface area contributed by atoms with Crippen molar-refractivity contribution in [3.63, 3.8) is 0 Å². The Hall–Kier alpha value is -3.42. The zero-order valence-electron chi connectivity index (χ0n) is 14.6. The molecule has 0 saturated carbocycles. The van der Waals surface area contributed by atoms with Crippen molar-refractivity contribution in [3.05, 3.63) is 58.1 Å². The van der Waals surface area contributed by atoms with E-state index in [9.17, 15) is 24.8 Å². The molecule has 2 aromatic carbocycles. The minimum Gasteiger partial charge on any atom is -0.508 e. The maximum absolute atomic E-state index is 12.0. The highest BCUT2D eigenvalue weighted by atomic mass is 16.6. The number of aromatic hydroxyl groups is 1. The quantitative estimate of drug-likeness (QED) is 0.460. The molecule has 140 valence electrons. The number of carbonyl (C=O) groups excluding carboxylic acids is 2. The molecule has 1 aliphatic rings. The predicted molar refractivity (Wildman–Crippen MR) is 99.7 cm³/mol. The number of benzene rings is 2. The Morgan fingerprint density at radius 2 is 1.74 bits per heavy atom. The van der Waals surface area contributed by atoms with Gasteiger partial charge in [-0.15, -0.1) is 0 Å². The lowest BCUT2D eigenvalue weighted by Crippen LogP contribution is -2.40. The molecule has 1 heterocycles. The number of rotatable bonds is 6. The highest BCUT2D eigenvalue weighted by molar-refractivity contribution is 6.16. The molecule has 1 aliphatic heterocycles. The van der Waals surface area contributed by atoms with Crippen molar-refractivity contribution >= 4 is 28.9 Å². The number of nitro groups is 1. The molecule has 0 atom stereocenters. The zero-order chi connectivity index (χ0) is 19.4. The predicted octanol–water partition coefficient (Wildman–Crippen LogP) is 3.00. The molecule has 8 nitrogen and oxygen atoms in total. The third-order valence-corrected chi connectivity index (χ3v) is 4.38. The first-order chi connectivity index (χ1) is 13.0. The van der Waals surface area contributed by atoms with E-state index in [2.05, 4.69) is 5.32 Å². The highest BCUT2D eigenvalue weighted by Crippen LogP contribution is 2.31. The van der Waals surface area contributed by atoms with Gasteiger partial charge in [-0.3, -0.25) is 24.6 Å². The molecule has 1 fully saturated rings. The molecule has 0 aliphatic carbocycles. The van der Waals surface area contributed by atoms with Crippen LogP contribution in [0.1, 0.15) is 24.8 Å². The first-order valence-electron chi connectivity index (χ1n) is 8.62. The Morgan fingerprint density at radius 3 is 2.37 bits per heavy atom. The Kier molecular flexibility index (Phi) is 5.35. The number of hydrogen-bond acceptors (Lipinski definition) is 6. The van der Waals surface area contributed by atoms with Crippen molar-refractivity contribution in [1.29, 1.82) is 0 Å². The summed E-state index contributed by atoms with van der Waals surface area (Å²) in [7, 11) is 0. The van der Waals surface area contributed by atoms with Gasteiger partial charge in [-0.25, -0.2) is 0 Å². The maximum atomic E-state index is 12.0. The fourth-order valence-corrected chi connectivity index (χ4v) is 3.01. The van der Waals surface area contributed by atoms with Gasteiger partial charge in [0.25, 0.3) is 5.69 Å². The molecule has 3 rings (SSSR count). The minimum absolute atomic E-state index is 0.180. The van der Waals surface area contributed by atoms with E-state index >= 15 is 0 Å². The Morgan fingerprint density at radius 1 is 1.07 bits per heavy atom. The van der Waals surface area contributed by atoms with E-state index in [-0.39, 0.29) is 41.8 Å². The summed E-state index contributed by atoms with van der Waals surface area (Å²) in [5.41, 5.74) is 1.33. The summed E-state index contributed by atoms with van der Waals surface area (Å²) < 4.78 is 0. The van der Waals surface area contributed by atoms with Crippen molar-refractivity contribution in [1.82, 2.24) is 0 Å². The largest absolute Gasteiger partial charge is 0.508 e. The highest BCUT2D eigenvalue weighted by Gasteiger charge is 2.29. The van der Waals surface area contributed by atoms with Gasteiger partial charge in [-0.05, 0) is 42.7 Å². The second-order valence-electron chi connectivity index (χ2n) is 6.28. The summed E-state index contributed by atoms with van der Waals surface area (Å²) in [5.74, 6) is -0.498. The number of nitrogens with one attached hydrogen (secondary N) is 1. The van der Waals surface area contributed by atoms with Gasteiger partial charge >= 0.3 is 0 Å². The standard InChI is InChI=1S/C19H19N3O5/c23-15-7-4-13(5-8-15)10-11-20-16-9-6-14(12-17(16)22(26)27)21-18(24)2-1-3-19(21)25/h4-9,12,20,23H,1-3,10-11H2. The third-order valence-electron chi connectivity index (χ3n) is 4.38. The molecule has 27 heavy (non-hydrogen) atoms. The van der Waals surface area contributed by atoms with Gasteiger partial charge in [-0.1, -0.05) is 12.1 Å². The number of nitrogens with zero attached hydrogens (tertiary/aromatic N) is 2. The average molecular weight is 369 g/mol. The normalized spacial score (nSPS) is 14.3. The lowest BCUT2D eigenvalue weighted by atomic mass is 10.1. The van der Waals surface area contributed by atoms with Crippen LogP contribution >= 0.6 is 0 Å². The van der Waals surface area contributed by atoms with Gasteiger partial charge in [0.15, 0.2) is 0 Å². The number of nitro benzene ring substituents is 1. The molecule has 2 amide bonds. The number of imide groups is 1.